The second-order valence-electron chi connectivity index (χ2n) is 7.70. The van der Waals surface area contributed by atoms with Crippen molar-refractivity contribution in [1.82, 2.24) is 15.0 Å². The van der Waals surface area contributed by atoms with E-state index in [1.807, 2.05) is 17.0 Å². The Hall–Kier alpha value is -3.30. The first-order chi connectivity index (χ1) is 18.7. The Balaban J connectivity index is 0.000000983. The van der Waals surface area contributed by atoms with Crippen molar-refractivity contribution in [3.05, 3.63) is 54.9 Å². The zero-order chi connectivity index (χ0) is 28.2. The lowest BCUT2D eigenvalue weighted by Gasteiger charge is -2.27. The van der Waals surface area contributed by atoms with Gasteiger partial charge in [-0.25, -0.2) is 9.82 Å². The van der Waals surface area contributed by atoms with Gasteiger partial charge in [0, 0.05) is 34.8 Å². The van der Waals surface area contributed by atoms with Crippen LogP contribution in [0, 0.1) is 25.3 Å². The van der Waals surface area contributed by atoms with Gasteiger partial charge in [0.25, 0.3) is 5.97 Å². The lowest BCUT2D eigenvalue weighted by atomic mass is 10.2. The van der Waals surface area contributed by atoms with Gasteiger partial charge in [0.2, 0.25) is 17.8 Å². The van der Waals surface area contributed by atoms with Crippen molar-refractivity contribution in [2.75, 3.05) is 48.6 Å². The van der Waals surface area contributed by atoms with Gasteiger partial charge in [-0.15, -0.1) is 6.42 Å². The quantitative estimate of drug-likeness (QED) is 0.132. The fourth-order valence-electron chi connectivity index (χ4n) is 3.14. The van der Waals surface area contributed by atoms with E-state index in [1.54, 1.807) is 18.3 Å². The lowest BCUT2D eigenvalue weighted by molar-refractivity contribution is -0.134. The molecule has 14 heteroatoms. The van der Waals surface area contributed by atoms with Crippen LogP contribution in [0.5, 0.6) is 5.75 Å². The largest absolute Gasteiger partial charge is 0.481 e. The second-order valence-corrected chi connectivity index (χ2v) is 10.1. The molecule has 3 aromatic rings. The highest BCUT2D eigenvalue weighted by molar-refractivity contribution is 14.1. The summed E-state index contributed by atoms with van der Waals surface area (Å²) in [4.78, 5) is 24.5. The number of anilines is 4. The molecule has 0 radical (unpaired) electrons. The molecule has 11 nitrogen and oxygen atoms in total. The van der Waals surface area contributed by atoms with Crippen molar-refractivity contribution in [3.8, 4) is 18.1 Å². The lowest BCUT2D eigenvalue weighted by Crippen LogP contribution is -2.37. The van der Waals surface area contributed by atoms with E-state index in [9.17, 15) is 4.39 Å². The van der Waals surface area contributed by atoms with Gasteiger partial charge in [0.05, 0.1) is 23.0 Å². The van der Waals surface area contributed by atoms with Gasteiger partial charge in [-0.05, 0) is 81.6 Å². The molecular weight excluding hydrogens is 735 g/mol. The summed E-state index contributed by atoms with van der Waals surface area (Å²) in [6.45, 7) is 3.71. The summed E-state index contributed by atoms with van der Waals surface area (Å²) < 4.78 is 26.4. The molecule has 0 aliphatic carbocycles. The Bertz CT molecular complexity index is 1340. The molecule has 0 atom stereocenters. The summed E-state index contributed by atoms with van der Waals surface area (Å²) in [5.41, 5.74) is 4.28. The van der Waals surface area contributed by atoms with Crippen LogP contribution in [0.25, 0.3) is 0 Å². The van der Waals surface area contributed by atoms with Gasteiger partial charge in [-0.3, -0.25) is 4.79 Å². The van der Waals surface area contributed by atoms with E-state index in [0.717, 1.165) is 19.6 Å². The molecule has 0 saturated carbocycles. The smallest absolute Gasteiger partial charge is 0.300 e. The van der Waals surface area contributed by atoms with E-state index in [0.29, 0.717) is 49.6 Å². The van der Waals surface area contributed by atoms with E-state index in [-0.39, 0.29) is 18.4 Å². The summed E-state index contributed by atoms with van der Waals surface area (Å²) >= 11 is 4.43. The van der Waals surface area contributed by atoms with Gasteiger partial charge >= 0.3 is 0 Å². The number of hydrazone groups is 1. The maximum atomic E-state index is 13.3. The summed E-state index contributed by atoms with van der Waals surface area (Å²) in [6.07, 6.45) is 6.98. The number of nitrogens with zero attached hydrogens (tertiary/aromatic N) is 5. The molecule has 4 rings (SSSR count). The zero-order valence-corrected chi connectivity index (χ0v) is 25.0. The predicted molar refractivity (Wildman–Crippen MR) is 163 cm³/mol. The number of carbonyl (C=O) groups is 1. The fraction of sp³-hybridized carbons (Fsp3) is 0.240. The van der Waals surface area contributed by atoms with Crippen LogP contribution in [0.3, 0.4) is 0 Å². The first-order valence-corrected chi connectivity index (χ1v) is 13.6. The van der Waals surface area contributed by atoms with Gasteiger partial charge in [0.1, 0.15) is 18.2 Å². The van der Waals surface area contributed by atoms with Crippen LogP contribution < -0.4 is 20.4 Å². The SMILES string of the molecule is C#CCOc1c(I)cc(I)cc1/C=N/Nc1nc(Nc2ccc(F)cc2)nc(N2CCOCC2)n1.CC(=O)O. The highest BCUT2D eigenvalue weighted by Gasteiger charge is 2.17. The molecular formula is C25H24FI2N7O4. The number of hydrogen-bond donors (Lipinski definition) is 3. The minimum absolute atomic E-state index is 0.152. The topological polar surface area (TPSA) is 134 Å². The first-order valence-electron chi connectivity index (χ1n) is 11.4. The summed E-state index contributed by atoms with van der Waals surface area (Å²) in [5, 5.41) is 14.8. The van der Waals surface area contributed by atoms with Crippen LogP contribution in [0.4, 0.5) is 27.9 Å². The number of rotatable bonds is 8. The third-order valence-corrected chi connectivity index (χ3v) is 6.15. The Morgan fingerprint density at radius 2 is 1.90 bits per heavy atom. The molecule has 0 bridgehead atoms. The van der Waals surface area contributed by atoms with Crippen LogP contribution in [0.15, 0.2) is 41.5 Å². The molecule has 1 fully saturated rings. The second kappa shape index (κ2) is 15.3. The Morgan fingerprint density at radius 3 is 2.56 bits per heavy atom. The van der Waals surface area contributed by atoms with Crippen molar-refractivity contribution in [3.63, 3.8) is 0 Å². The number of benzene rings is 2. The Labute approximate surface area is 251 Å². The molecule has 1 aromatic heterocycles. The van der Waals surface area contributed by atoms with Gasteiger partial charge in [-0.2, -0.15) is 20.1 Å². The number of carboxylic acids is 1. The van der Waals surface area contributed by atoms with Crippen molar-refractivity contribution < 1.29 is 23.8 Å². The number of carboxylic acid groups (broad SMARTS) is 1. The third kappa shape index (κ3) is 10.1. The monoisotopic (exact) mass is 759 g/mol. The first kappa shape index (κ1) is 30.2. The van der Waals surface area contributed by atoms with E-state index in [2.05, 4.69) is 81.9 Å². The molecule has 1 aliphatic heterocycles. The minimum Gasteiger partial charge on any atom is -0.481 e. The number of terminal acetylenes is 1. The normalized spacial score (nSPS) is 12.7. The zero-order valence-electron chi connectivity index (χ0n) is 20.7. The minimum atomic E-state index is -0.833. The van der Waals surface area contributed by atoms with Crippen molar-refractivity contribution in [1.29, 1.82) is 0 Å². The maximum Gasteiger partial charge on any atom is 0.300 e. The Kier molecular flexibility index (Phi) is 11.9. The molecule has 0 spiro atoms. The van der Waals surface area contributed by atoms with Crippen LogP contribution in [0.1, 0.15) is 12.5 Å². The highest BCUT2D eigenvalue weighted by atomic mass is 127. The average molecular weight is 759 g/mol. The van der Waals surface area contributed by atoms with Crippen LogP contribution >= 0.6 is 45.2 Å². The molecule has 1 saturated heterocycles. The van der Waals surface area contributed by atoms with Crippen LogP contribution in [-0.2, 0) is 9.53 Å². The van der Waals surface area contributed by atoms with Gasteiger partial charge < -0.3 is 24.8 Å². The van der Waals surface area contributed by atoms with E-state index in [4.69, 9.17) is 25.8 Å². The number of aliphatic carboxylic acids is 1. The summed E-state index contributed by atoms with van der Waals surface area (Å²) in [5.74, 6) is 2.99. The molecule has 1 aliphatic rings. The molecule has 3 N–H and O–H groups in total. The van der Waals surface area contributed by atoms with Gasteiger partial charge in [0.15, 0.2) is 0 Å². The van der Waals surface area contributed by atoms with Crippen molar-refractivity contribution in [2.24, 2.45) is 5.10 Å². The summed E-state index contributed by atoms with van der Waals surface area (Å²) in [6, 6.07) is 9.86. The van der Waals surface area contributed by atoms with Crippen molar-refractivity contribution in [2.45, 2.75) is 6.92 Å². The molecule has 2 aromatic carbocycles. The maximum absolute atomic E-state index is 13.3. The van der Waals surface area contributed by atoms with E-state index in [1.165, 1.54) is 12.1 Å². The van der Waals surface area contributed by atoms with Crippen molar-refractivity contribution >= 4 is 80.9 Å². The van der Waals surface area contributed by atoms with E-state index < -0.39 is 5.97 Å². The van der Waals surface area contributed by atoms with E-state index >= 15 is 0 Å². The molecule has 204 valence electrons. The number of morpholine rings is 1. The average Bonchev–Trinajstić information content (AvgIpc) is 2.89. The highest BCUT2D eigenvalue weighted by Crippen LogP contribution is 2.27. The predicted octanol–water partition coefficient (Wildman–Crippen LogP) is 4.35. The van der Waals surface area contributed by atoms with Crippen LogP contribution in [0.2, 0.25) is 0 Å². The number of aromatic nitrogens is 3. The molecule has 39 heavy (non-hydrogen) atoms. The fourth-order valence-corrected chi connectivity index (χ4v) is 5.18. The number of halogens is 3. The number of hydrogen-bond acceptors (Lipinski definition) is 10. The van der Waals surface area contributed by atoms with Crippen LogP contribution in [-0.4, -0.2) is 65.2 Å². The Morgan fingerprint density at radius 1 is 1.23 bits per heavy atom. The summed E-state index contributed by atoms with van der Waals surface area (Å²) in [7, 11) is 0. The third-order valence-electron chi connectivity index (χ3n) is 4.72. The number of nitrogens with one attached hydrogen (secondary N) is 2. The molecule has 0 amide bonds. The van der Waals surface area contributed by atoms with Gasteiger partial charge in [-0.1, -0.05) is 5.92 Å². The standard InChI is InChI=1S/C23H20FI2N7O2.C2H4O2/c1-2-9-35-20-15(12-17(25)13-19(20)26)14-27-32-22-29-21(28-18-5-3-16(24)4-6-18)30-23(31-22)33-7-10-34-11-8-33;1-2(3)4/h1,3-6,12-14H,7-11H2,(H2,28,29,30,31,32);1H3,(H,3,4)/b27-14+;. The number of ether oxygens (including phenoxy) is 2. The molecule has 0 unspecified atom stereocenters. The molecule has 2 heterocycles.